The lowest BCUT2D eigenvalue weighted by molar-refractivity contribution is 0.565. The average Bonchev–Trinajstić information content (AvgIpc) is 3.22. The Bertz CT molecular complexity index is 905. The predicted octanol–water partition coefficient (Wildman–Crippen LogP) is 2.80. The van der Waals surface area contributed by atoms with Gasteiger partial charge in [0.1, 0.15) is 6.33 Å². The first-order valence-electron chi connectivity index (χ1n) is 9.46. The minimum absolute atomic E-state index is 0.498. The zero-order valence-electron chi connectivity index (χ0n) is 16.2. The number of piperidine rings is 1. The lowest BCUT2D eigenvalue weighted by Crippen LogP contribution is -2.32. The maximum Gasteiger partial charge on any atom is 0.258 e. The smallest absolute Gasteiger partial charge is 0.258 e. The predicted molar refractivity (Wildman–Crippen MR) is 111 cm³/mol. The fourth-order valence-corrected chi connectivity index (χ4v) is 3.77. The Kier molecular flexibility index (Phi) is 5.70. The number of rotatable bonds is 6. The molecule has 0 amide bonds. The van der Waals surface area contributed by atoms with Crippen LogP contribution in [0.2, 0.25) is 0 Å². The van der Waals surface area contributed by atoms with Crippen molar-refractivity contribution in [1.29, 1.82) is 0 Å². The largest absolute Gasteiger partial charge is 0.347 e. The topological polar surface area (TPSA) is 75.9 Å². The summed E-state index contributed by atoms with van der Waals surface area (Å²) in [4.78, 5) is 22.4. The first kappa shape index (κ1) is 18.7. The van der Waals surface area contributed by atoms with Crippen molar-refractivity contribution in [2.45, 2.75) is 30.2 Å². The van der Waals surface area contributed by atoms with Gasteiger partial charge >= 0.3 is 0 Å². The minimum Gasteiger partial charge on any atom is -0.347 e. The second-order valence-electron chi connectivity index (χ2n) is 6.92. The summed E-state index contributed by atoms with van der Waals surface area (Å²) in [7, 11) is 3.86. The number of aromatic nitrogens is 6. The van der Waals surface area contributed by atoms with Crippen molar-refractivity contribution in [3.8, 4) is 5.95 Å². The van der Waals surface area contributed by atoms with Crippen LogP contribution in [0.4, 0.5) is 11.9 Å². The summed E-state index contributed by atoms with van der Waals surface area (Å²) in [6, 6.07) is 10.3. The minimum atomic E-state index is 0.498. The molecule has 28 heavy (non-hydrogen) atoms. The van der Waals surface area contributed by atoms with Gasteiger partial charge in [-0.3, -0.25) is 0 Å². The van der Waals surface area contributed by atoms with Gasteiger partial charge in [-0.1, -0.05) is 42.1 Å². The molecule has 0 radical (unpaired) electrons. The Morgan fingerprint density at radius 3 is 2.46 bits per heavy atom. The van der Waals surface area contributed by atoms with Crippen molar-refractivity contribution in [1.82, 2.24) is 29.7 Å². The number of anilines is 2. The van der Waals surface area contributed by atoms with Crippen LogP contribution in [0.3, 0.4) is 0 Å². The molecule has 1 fully saturated rings. The van der Waals surface area contributed by atoms with E-state index in [9.17, 15) is 0 Å². The van der Waals surface area contributed by atoms with Gasteiger partial charge < -0.3 is 9.80 Å². The Hall–Kier alpha value is -2.68. The van der Waals surface area contributed by atoms with Gasteiger partial charge in [-0.05, 0) is 24.8 Å². The highest BCUT2D eigenvalue weighted by atomic mass is 32.2. The highest BCUT2D eigenvalue weighted by molar-refractivity contribution is 7.98. The van der Waals surface area contributed by atoms with Crippen LogP contribution >= 0.6 is 11.8 Å². The highest BCUT2D eigenvalue weighted by Gasteiger charge is 2.18. The van der Waals surface area contributed by atoms with Crippen molar-refractivity contribution >= 4 is 23.7 Å². The van der Waals surface area contributed by atoms with E-state index in [0.29, 0.717) is 23.0 Å². The molecular weight excluding hydrogens is 372 g/mol. The average molecular weight is 397 g/mol. The van der Waals surface area contributed by atoms with Crippen molar-refractivity contribution in [3.05, 3.63) is 42.2 Å². The number of thioether (sulfide) groups is 1. The van der Waals surface area contributed by atoms with Crippen molar-refractivity contribution in [2.75, 3.05) is 37.0 Å². The molecule has 1 saturated heterocycles. The van der Waals surface area contributed by atoms with E-state index in [1.54, 1.807) is 22.8 Å². The maximum atomic E-state index is 4.67. The van der Waals surface area contributed by atoms with E-state index in [-0.39, 0.29) is 0 Å². The third-order valence-corrected chi connectivity index (χ3v) is 5.45. The summed E-state index contributed by atoms with van der Waals surface area (Å²) in [5.41, 5.74) is 1.24. The normalized spacial score (nSPS) is 14.3. The van der Waals surface area contributed by atoms with Gasteiger partial charge in [0, 0.05) is 32.9 Å². The summed E-state index contributed by atoms with van der Waals surface area (Å²) < 4.78 is 1.63. The zero-order chi connectivity index (χ0) is 19.3. The molecule has 1 aliphatic rings. The molecule has 3 aromatic rings. The second-order valence-corrected chi connectivity index (χ2v) is 7.87. The van der Waals surface area contributed by atoms with E-state index in [1.807, 2.05) is 37.2 Å². The summed E-state index contributed by atoms with van der Waals surface area (Å²) in [6.07, 6.45) is 5.27. The monoisotopic (exact) mass is 396 g/mol. The van der Waals surface area contributed by atoms with Gasteiger partial charge in [-0.2, -0.15) is 19.6 Å². The molecule has 0 bridgehead atoms. The molecule has 8 nitrogen and oxygen atoms in total. The van der Waals surface area contributed by atoms with Gasteiger partial charge in [0.05, 0.1) is 0 Å². The fraction of sp³-hybridized carbons (Fsp3) is 0.421. The fourth-order valence-electron chi connectivity index (χ4n) is 3.01. The molecule has 1 aromatic carbocycles. The van der Waals surface area contributed by atoms with E-state index in [2.05, 4.69) is 42.1 Å². The van der Waals surface area contributed by atoms with E-state index in [4.69, 9.17) is 0 Å². The van der Waals surface area contributed by atoms with Gasteiger partial charge in [0.15, 0.2) is 0 Å². The lowest BCUT2D eigenvalue weighted by Gasteiger charge is -2.27. The van der Waals surface area contributed by atoms with Gasteiger partial charge in [-0.15, -0.1) is 5.10 Å². The molecule has 0 aliphatic carbocycles. The maximum absolute atomic E-state index is 4.67. The summed E-state index contributed by atoms with van der Waals surface area (Å²) in [6.45, 7) is 1.96. The molecule has 0 saturated carbocycles. The van der Waals surface area contributed by atoms with E-state index < -0.39 is 0 Å². The first-order chi connectivity index (χ1) is 13.7. The molecule has 0 spiro atoms. The van der Waals surface area contributed by atoms with E-state index in [0.717, 1.165) is 18.8 Å². The Morgan fingerprint density at radius 2 is 1.71 bits per heavy atom. The zero-order valence-corrected chi connectivity index (χ0v) is 17.0. The number of hydrogen-bond acceptors (Lipinski definition) is 8. The van der Waals surface area contributed by atoms with Crippen LogP contribution in [0, 0.1) is 0 Å². The second kappa shape index (κ2) is 8.55. The molecule has 0 unspecified atom stereocenters. The lowest BCUT2D eigenvalue weighted by atomic mass is 10.1. The highest BCUT2D eigenvalue weighted by Crippen LogP contribution is 2.21. The van der Waals surface area contributed by atoms with E-state index in [1.165, 1.54) is 24.8 Å². The molecule has 2 aromatic heterocycles. The first-order valence-corrected chi connectivity index (χ1v) is 10.4. The summed E-state index contributed by atoms with van der Waals surface area (Å²) in [5, 5.41) is 5.26. The Labute approximate surface area is 169 Å². The Morgan fingerprint density at radius 1 is 0.964 bits per heavy atom. The summed E-state index contributed by atoms with van der Waals surface area (Å²) >= 11 is 1.60. The number of nitrogens with zero attached hydrogens (tertiary/aromatic N) is 8. The van der Waals surface area contributed by atoms with Crippen LogP contribution in [0.25, 0.3) is 5.95 Å². The Balaban J connectivity index is 1.56. The third-order valence-electron chi connectivity index (χ3n) is 4.53. The van der Waals surface area contributed by atoms with Crippen LogP contribution in [-0.2, 0) is 5.75 Å². The molecule has 0 N–H and O–H groups in total. The number of hydrogen-bond donors (Lipinski definition) is 0. The quantitative estimate of drug-likeness (QED) is 0.589. The van der Waals surface area contributed by atoms with Gasteiger partial charge in [0.25, 0.3) is 5.95 Å². The van der Waals surface area contributed by atoms with Crippen molar-refractivity contribution < 1.29 is 0 Å². The van der Waals surface area contributed by atoms with Crippen LogP contribution in [-0.4, -0.2) is 56.9 Å². The van der Waals surface area contributed by atoms with Crippen LogP contribution < -0.4 is 9.80 Å². The van der Waals surface area contributed by atoms with Gasteiger partial charge in [0.2, 0.25) is 17.1 Å². The molecule has 3 heterocycles. The summed E-state index contributed by atoms with van der Waals surface area (Å²) in [5.74, 6) is 2.66. The molecular formula is C19H24N8S. The standard InChI is InChI=1S/C19H24N8S/c1-25(2)16-21-17(26-11-7-4-8-12-26)23-18(22-16)27-14-20-19(24-27)28-13-15-9-5-3-6-10-15/h3,5-6,9-10,14H,4,7-8,11-13H2,1-2H3. The molecule has 4 rings (SSSR count). The van der Waals surface area contributed by atoms with Crippen molar-refractivity contribution in [2.24, 2.45) is 0 Å². The third kappa shape index (κ3) is 4.41. The number of benzene rings is 1. The van der Waals surface area contributed by atoms with Crippen LogP contribution in [0.5, 0.6) is 0 Å². The molecule has 9 heteroatoms. The van der Waals surface area contributed by atoms with Crippen LogP contribution in [0.15, 0.2) is 41.8 Å². The SMILES string of the molecule is CN(C)c1nc(N2CCCCC2)nc(-n2cnc(SCc3ccccc3)n2)n1. The molecule has 1 aliphatic heterocycles. The molecule has 0 atom stereocenters. The van der Waals surface area contributed by atoms with Crippen LogP contribution in [0.1, 0.15) is 24.8 Å². The molecule has 146 valence electrons. The van der Waals surface area contributed by atoms with Crippen molar-refractivity contribution in [3.63, 3.8) is 0 Å². The van der Waals surface area contributed by atoms with E-state index >= 15 is 0 Å². The van der Waals surface area contributed by atoms with Gasteiger partial charge in [-0.25, -0.2) is 4.98 Å².